The number of nitrogens with zero attached hydrogens (tertiary/aromatic N) is 3. The molecule has 1 N–H and O–H groups in total. The van der Waals surface area contributed by atoms with Gasteiger partial charge in [-0.15, -0.1) is 0 Å². The van der Waals surface area contributed by atoms with E-state index in [1.807, 2.05) is 54.7 Å². The second kappa shape index (κ2) is 8.56. The average Bonchev–Trinajstić information content (AvgIpc) is 3.08. The average molecular weight is 379 g/mol. The Kier molecular flexibility index (Phi) is 6.64. The van der Waals surface area contributed by atoms with Crippen molar-refractivity contribution in [3.8, 4) is 0 Å². The quantitative estimate of drug-likeness (QED) is 0.625. The van der Waals surface area contributed by atoms with E-state index in [2.05, 4.69) is 0 Å². The molecule has 1 atom stereocenters. The Morgan fingerprint density at radius 1 is 1.41 bits per heavy atom. The van der Waals surface area contributed by atoms with Crippen LogP contribution in [-0.2, 0) is 21.4 Å². The summed E-state index contributed by atoms with van der Waals surface area (Å²) in [4.78, 5) is 37.4. The lowest BCUT2D eigenvalue weighted by Gasteiger charge is -2.36. The summed E-state index contributed by atoms with van der Waals surface area (Å²) >= 11 is 0. The number of cyclic esters (lactones) is 1. The highest BCUT2D eigenvalue weighted by Crippen LogP contribution is 2.43. The van der Waals surface area contributed by atoms with E-state index in [1.54, 1.807) is 0 Å². The van der Waals surface area contributed by atoms with Crippen LogP contribution >= 0.6 is 0 Å². The third kappa shape index (κ3) is 4.50. The Hall–Kier alpha value is -2.35. The summed E-state index contributed by atoms with van der Waals surface area (Å²) in [5.74, 6) is -0.00324. The Labute approximate surface area is 159 Å². The lowest BCUT2D eigenvalue weighted by molar-refractivity contribution is -0.150. The van der Waals surface area contributed by atoms with Gasteiger partial charge in [0.05, 0.1) is 11.0 Å². The fraction of sp³-hybridized carbons (Fsp3) is 0.632. The number of likely N-dealkylation sites (tertiary alicyclic amines) is 1. The number of rotatable bonds is 3. The highest BCUT2D eigenvalue weighted by Gasteiger charge is 2.50. The molecule has 1 aromatic heterocycles. The van der Waals surface area contributed by atoms with Gasteiger partial charge in [0.15, 0.2) is 0 Å². The molecule has 2 saturated heterocycles. The van der Waals surface area contributed by atoms with Gasteiger partial charge in [-0.25, -0.2) is 0 Å². The van der Waals surface area contributed by atoms with Gasteiger partial charge in [-0.3, -0.25) is 14.4 Å². The third-order valence-corrected chi connectivity index (χ3v) is 5.52. The first kappa shape index (κ1) is 21.0. The number of carbonyl (C=O) groups excluding carboxylic acids is 2. The maximum atomic E-state index is 12.7. The maximum Gasteiger partial charge on any atom is 0.312 e. The molecule has 0 radical (unpaired) electrons. The molecule has 3 heterocycles. The molecule has 2 aliphatic rings. The number of aromatic nitrogens is 1. The molecule has 8 nitrogen and oxygen atoms in total. The first-order valence-electron chi connectivity index (χ1n) is 9.09. The van der Waals surface area contributed by atoms with Crippen LogP contribution in [0.25, 0.3) is 0 Å². The normalized spacial score (nSPS) is 21.0. The molecule has 1 aromatic rings. The largest absolute Gasteiger partial charge is 0.483 e. The third-order valence-electron chi connectivity index (χ3n) is 5.52. The first-order valence-corrected chi connectivity index (χ1v) is 9.09. The number of hydrogen-bond donors (Lipinski definition) is 1. The van der Waals surface area contributed by atoms with Crippen molar-refractivity contribution in [2.24, 2.45) is 12.5 Å². The second-order valence-corrected chi connectivity index (χ2v) is 7.60. The highest BCUT2D eigenvalue weighted by molar-refractivity contribution is 5.95. The number of carbonyl (C=O) groups is 3. The van der Waals surface area contributed by atoms with Gasteiger partial charge >= 0.3 is 5.97 Å². The molecule has 0 bridgehead atoms. The lowest BCUT2D eigenvalue weighted by Crippen LogP contribution is -2.45. The molecule has 27 heavy (non-hydrogen) atoms. The predicted octanol–water partition coefficient (Wildman–Crippen LogP) is 1.13. The molecular formula is C19H29N3O5. The summed E-state index contributed by atoms with van der Waals surface area (Å²) in [6.07, 6.45) is 4.07. The molecule has 8 heteroatoms. The van der Waals surface area contributed by atoms with E-state index in [0.717, 1.165) is 24.2 Å². The molecule has 1 spiro atoms. The fourth-order valence-electron chi connectivity index (χ4n) is 3.90. The number of carboxylic acid groups (broad SMARTS) is 1. The Bertz CT molecular complexity index is 690. The van der Waals surface area contributed by atoms with Gasteiger partial charge < -0.3 is 24.2 Å². The minimum Gasteiger partial charge on any atom is -0.483 e. The summed E-state index contributed by atoms with van der Waals surface area (Å²) in [6.45, 7) is 3.71. The van der Waals surface area contributed by atoms with Crippen LogP contribution in [0.4, 0.5) is 0 Å². The summed E-state index contributed by atoms with van der Waals surface area (Å²) in [5, 5.41) is 6.89. The van der Waals surface area contributed by atoms with E-state index in [4.69, 9.17) is 14.6 Å². The van der Waals surface area contributed by atoms with Crippen LogP contribution in [0.5, 0.6) is 0 Å². The number of aryl methyl sites for hydroxylation is 1. The van der Waals surface area contributed by atoms with E-state index in [9.17, 15) is 9.59 Å². The zero-order chi connectivity index (χ0) is 20.2. The topological polar surface area (TPSA) is 92.1 Å². The molecule has 1 amide bonds. The van der Waals surface area contributed by atoms with Crippen molar-refractivity contribution in [3.05, 3.63) is 23.5 Å². The molecule has 0 aromatic carbocycles. The number of ether oxygens (including phenoxy) is 1. The number of hydrogen-bond acceptors (Lipinski definition) is 5. The minimum absolute atomic E-state index is 0.0221. The van der Waals surface area contributed by atoms with Crippen molar-refractivity contribution >= 4 is 18.3 Å². The van der Waals surface area contributed by atoms with Crippen LogP contribution in [0.3, 0.4) is 0 Å². The van der Waals surface area contributed by atoms with Crippen LogP contribution in [0.1, 0.15) is 35.3 Å². The SMILES string of the molecule is Cc1c(C(=O)N2CCC3(CC2)CC(CN(C)C)OC3=O)ccn1C.O=CO. The smallest absolute Gasteiger partial charge is 0.312 e. The standard InChI is InChI=1S/C18H27N3O3.CH2O2/c1-13-15(5-8-20(13)4)16(22)21-9-6-18(7-10-21)11-14(12-19(2)3)24-17(18)23;2-1-3/h5,8,14H,6-7,9-12H2,1-4H3;1H,(H,2,3). The van der Waals surface area contributed by atoms with Crippen molar-refractivity contribution < 1.29 is 24.2 Å². The van der Waals surface area contributed by atoms with E-state index in [-0.39, 0.29) is 29.9 Å². The summed E-state index contributed by atoms with van der Waals surface area (Å²) in [6, 6.07) is 1.87. The number of likely N-dealkylation sites (N-methyl/N-ethyl adjacent to an activating group) is 1. The van der Waals surface area contributed by atoms with Gasteiger partial charge in [-0.05, 0) is 39.9 Å². The Balaban J connectivity index is 0.000000817. The van der Waals surface area contributed by atoms with Crippen molar-refractivity contribution in [2.75, 3.05) is 33.7 Å². The van der Waals surface area contributed by atoms with Crippen molar-refractivity contribution in [3.63, 3.8) is 0 Å². The number of esters is 1. The summed E-state index contributed by atoms with van der Waals surface area (Å²) in [7, 11) is 5.92. The van der Waals surface area contributed by atoms with Gasteiger partial charge in [0.2, 0.25) is 0 Å². The van der Waals surface area contributed by atoms with Crippen LogP contribution in [0, 0.1) is 12.3 Å². The predicted molar refractivity (Wildman–Crippen MR) is 99.5 cm³/mol. The zero-order valence-electron chi connectivity index (χ0n) is 16.5. The molecule has 150 valence electrons. The highest BCUT2D eigenvalue weighted by atomic mass is 16.6. The van der Waals surface area contributed by atoms with E-state index in [0.29, 0.717) is 25.9 Å². The van der Waals surface area contributed by atoms with Crippen LogP contribution in [0.2, 0.25) is 0 Å². The van der Waals surface area contributed by atoms with Crippen LogP contribution < -0.4 is 0 Å². The van der Waals surface area contributed by atoms with E-state index in [1.165, 1.54) is 0 Å². The second-order valence-electron chi connectivity index (χ2n) is 7.60. The van der Waals surface area contributed by atoms with E-state index < -0.39 is 0 Å². The molecule has 2 aliphatic heterocycles. The summed E-state index contributed by atoms with van der Waals surface area (Å²) in [5.41, 5.74) is 1.35. The van der Waals surface area contributed by atoms with Crippen LogP contribution in [-0.4, -0.2) is 77.7 Å². The minimum atomic E-state index is -0.386. The van der Waals surface area contributed by atoms with Crippen molar-refractivity contribution in [1.29, 1.82) is 0 Å². The van der Waals surface area contributed by atoms with Crippen molar-refractivity contribution in [1.82, 2.24) is 14.4 Å². The zero-order valence-corrected chi connectivity index (χ0v) is 16.5. The van der Waals surface area contributed by atoms with Gasteiger partial charge in [0, 0.05) is 45.0 Å². The summed E-state index contributed by atoms with van der Waals surface area (Å²) < 4.78 is 7.54. The molecule has 1 unspecified atom stereocenters. The fourth-order valence-corrected chi connectivity index (χ4v) is 3.90. The van der Waals surface area contributed by atoms with Gasteiger partial charge in [-0.1, -0.05) is 0 Å². The van der Waals surface area contributed by atoms with Crippen LogP contribution in [0.15, 0.2) is 12.3 Å². The van der Waals surface area contributed by atoms with Crippen molar-refractivity contribution in [2.45, 2.75) is 32.3 Å². The Morgan fingerprint density at radius 3 is 2.48 bits per heavy atom. The van der Waals surface area contributed by atoms with Gasteiger partial charge in [-0.2, -0.15) is 0 Å². The first-order chi connectivity index (χ1) is 12.7. The molecule has 3 rings (SSSR count). The van der Waals surface area contributed by atoms with Gasteiger partial charge in [0.25, 0.3) is 12.4 Å². The Morgan fingerprint density at radius 2 is 2.00 bits per heavy atom. The molecule has 2 fully saturated rings. The molecular weight excluding hydrogens is 350 g/mol. The van der Waals surface area contributed by atoms with Gasteiger partial charge in [0.1, 0.15) is 6.10 Å². The number of amides is 1. The lowest BCUT2D eigenvalue weighted by atomic mass is 9.76. The molecule has 0 aliphatic carbocycles. The number of piperidine rings is 1. The van der Waals surface area contributed by atoms with E-state index >= 15 is 0 Å². The monoisotopic (exact) mass is 379 g/mol. The maximum absolute atomic E-state index is 12.7. The molecule has 0 saturated carbocycles.